The van der Waals surface area contributed by atoms with Gasteiger partial charge in [-0.15, -0.1) is 24.2 Å². The molecule has 3 N–H and O–H groups in total. The Balaban J connectivity index is 0.00000192. The molecule has 3 rings (SSSR count). The maximum Gasteiger partial charge on any atom is 0.255 e. The molecule has 0 aliphatic carbocycles. The second-order valence-corrected chi connectivity index (χ2v) is 6.95. The maximum absolute atomic E-state index is 12.9. The minimum atomic E-state index is -0.372. The fraction of sp³-hybridized carbons (Fsp3) is 0.500. The molecule has 2 unspecified atom stereocenters. The van der Waals surface area contributed by atoms with Crippen LogP contribution in [0.3, 0.4) is 0 Å². The molecule has 0 spiro atoms. The van der Waals surface area contributed by atoms with Gasteiger partial charge in [-0.3, -0.25) is 9.59 Å². The second kappa shape index (κ2) is 8.04. The van der Waals surface area contributed by atoms with Gasteiger partial charge in [0, 0.05) is 30.1 Å². The summed E-state index contributed by atoms with van der Waals surface area (Å²) < 4.78 is 0. The standard InChI is InChI=1S/C16H21N3O2S.ClH/c17-15(20)10-22-14-4-2-1-3-13(14)16(21)19-8-7-11-5-6-12(9-19)18-11;/h1-4,11-12,18H,5-10H2,(H2,17,20);1H. The third kappa shape index (κ3) is 4.40. The van der Waals surface area contributed by atoms with Gasteiger partial charge in [0.05, 0.1) is 11.3 Å². The van der Waals surface area contributed by atoms with E-state index in [2.05, 4.69) is 5.32 Å². The highest BCUT2D eigenvalue weighted by Crippen LogP contribution is 2.26. The molecular formula is C16H22ClN3O2S. The topological polar surface area (TPSA) is 75.4 Å². The Morgan fingerprint density at radius 3 is 2.74 bits per heavy atom. The molecule has 2 aliphatic heterocycles. The molecule has 0 aromatic heterocycles. The number of hydrogen-bond acceptors (Lipinski definition) is 4. The number of nitrogens with two attached hydrogens (primary N) is 1. The number of carbonyl (C=O) groups excluding carboxylic acids is 2. The normalized spacial score (nSPS) is 23.0. The smallest absolute Gasteiger partial charge is 0.255 e. The van der Waals surface area contributed by atoms with Crippen molar-refractivity contribution in [2.45, 2.75) is 36.2 Å². The van der Waals surface area contributed by atoms with Crippen molar-refractivity contribution in [1.82, 2.24) is 10.2 Å². The van der Waals surface area contributed by atoms with Crippen molar-refractivity contribution < 1.29 is 9.59 Å². The minimum absolute atomic E-state index is 0. The molecule has 2 bridgehead atoms. The Kier molecular flexibility index (Phi) is 6.33. The Morgan fingerprint density at radius 1 is 1.22 bits per heavy atom. The zero-order valence-electron chi connectivity index (χ0n) is 12.9. The van der Waals surface area contributed by atoms with Gasteiger partial charge < -0.3 is 16.0 Å². The molecule has 1 aromatic rings. The van der Waals surface area contributed by atoms with Crippen LogP contribution in [0, 0.1) is 0 Å². The van der Waals surface area contributed by atoms with Crippen LogP contribution < -0.4 is 11.1 Å². The van der Waals surface area contributed by atoms with Gasteiger partial charge >= 0.3 is 0 Å². The van der Waals surface area contributed by atoms with Gasteiger partial charge in [0.15, 0.2) is 0 Å². The molecule has 2 amide bonds. The lowest BCUT2D eigenvalue weighted by Crippen LogP contribution is -2.39. The summed E-state index contributed by atoms with van der Waals surface area (Å²) in [4.78, 5) is 26.6. The van der Waals surface area contributed by atoms with Crippen LogP contribution in [0.5, 0.6) is 0 Å². The zero-order chi connectivity index (χ0) is 15.5. The molecule has 23 heavy (non-hydrogen) atoms. The monoisotopic (exact) mass is 355 g/mol. The van der Waals surface area contributed by atoms with Gasteiger partial charge in [0.2, 0.25) is 5.91 Å². The third-order valence-corrected chi connectivity index (χ3v) is 5.39. The number of thioether (sulfide) groups is 1. The predicted octanol–water partition coefficient (Wildman–Crippen LogP) is 1.65. The van der Waals surface area contributed by atoms with Crippen molar-refractivity contribution in [2.75, 3.05) is 18.8 Å². The van der Waals surface area contributed by atoms with Crippen LogP contribution in [-0.2, 0) is 4.79 Å². The fourth-order valence-corrected chi connectivity index (χ4v) is 4.00. The van der Waals surface area contributed by atoms with Crippen LogP contribution in [0.2, 0.25) is 0 Å². The van der Waals surface area contributed by atoms with Crippen molar-refractivity contribution in [3.05, 3.63) is 29.8 Å². The first-order valence-electron chi connectivity index (χ1n) is 7.69. The van der Waals surface area contributed by atoms with E-state index < -0.39 is 0 Å². The van der Waals surface area contributed by atoms with E-state index in [0.29, 0.717) is 17.6 Å². The van der Waals surface area contributed by atoms with Crippen molar-refractivity contribution >= 4 is 36.0 Å². The number of halogens is 1. The summed E-state index contributed by atoms with van der Waals surface area (Å²) >= 11 is 1.33. The SMILES string of the molecule is Cl.NC(=O)CSc1ccccc1C(=O)N1CCC2CCC(C1)N2. The van der Waals surface area contributed by atoms with E-state index in [1.54, 1.807) is 0 Å². The Bertz CT molecular complexity index is 584. The zero-order valence-corrected chi connectivity index (χ0v) is 14.5. The van der Waals surface area contributed by atoms with Gasteiger partial charge in [-0.2, -0.15) is 0 Å². The number of nitrogens with one attached hydrogen (secondary N) is 1. The number of benzene rings is 1. The van der Waals surface area contributed by atoms with E-state index in [-0.39, 0.29) is 30.0 Å². The summed E-state index contributed by atoms with van der Waals surface area (Å²) in [6.07, 6.45) is 3.38. The van der Waals surface area contributed by atoms with E-state index in [1.165, 1.54) is 18.2 Å². The number of hydrogen-bond donors (Lipinski definition) is 2. The summed E-state index contributed by atoms with van der Waals surface area (Å²) in [5.74, 6) is -0.123. The van der Waals surface area contributed by atoms with Gasteiger partial charge in [0.25, 0.3) is 5.91 Å². The van der Waals surface area contributed by atoms with Gasteiger partial charge in [0.1, 0.15) is 0 Å². The third-order valence-electron chi connectivity index (χ3n) is 4.30. The van der Waals surface area contributed by atoms with Crippen LogP contribution >= 0.6 is 24.2 Å². The fourth-order valence-electron chi connectivity index (χ4n) is 3.22. The lowest BCUT2D eigenvalue weighted by Gasteiger charge is -2.25. The number of nitrogens with zero attached hydrogens (tertiary/aromatic N) is 1. The highest BCUT2D eigenvalue weighted by Gasteiger charge is 2.31. The molecule has 0 saturated carbocycles. The van der Waals surface area contributed by atoms with Gasteiger partial charge in [-0.25, -0.2) is 0 Å². The van der Waals surface area contributed by atoms with Gasteiger partial charge in [-0.1, -0.05) is 12.1 Å². The molecule has 2 aliphatic rings. The van der Waals surface area contributed by atoms with Crippen molar-refractivity contribution in [3.8, 4) is 0 Å². The van der Waals surface area contributed by atoms with E-state index in [4.69, 9.17) is 5.73 Å². The summed E-state index contributed by atoms with van der Waals surface area (Å²) in [5, 5.41) is 3.58. The Labute approximate surface area is 146 Å². The molecule has 2 fully saturated rings. The molecule has 2 saturated heterocycles. The van der Waals surface area contributed by atoms with Crippen molar-refractivity contribution in [2.24, 2.45) is 5.73 Å². The average Bonchev–Trinajstić information content (AvgIpc) is 2.84. The first-order valence-corrected chi connectivity index (χ1v) is 8.67. The summed E-state index contributed by atoms with van der Waals surface area (Å²) in [5.41, 5.74) is 5.88. The van der Waals surface area contributed by atoms with E-state index in [0.717, 1.165) is 30.8 Å². The molecule has 2 heterocycles. The number of likely N-dealkylation sites (tertiary alicyclic amines) is 1. The maximum atomic E-state index is 12.9. The van der Waals surface area contributed by atoms with E-state index in [9.17, 15) is 9.59 Å². The van der Waals surface area contributed by atoms with Crippen molar-refractivity contribution in [3.63, 3.8) is 0 Å². The molecule has 0 radical (unpaired) electrons. The Morgan fingerprint density at radius 2 is 1.96 bits per heavy atom. The summed E-state index contributed by atoms with van der Waals surface area (Å²) in [6.45, 7) is 1.56. The first-order chi connectivity index (χ1) is 10.6. The van der Waals surface area contributed by atoms with E-state index >= 15 is 0 Å². The largest absolute Gasteiger partial charge is 0.369 e. The number of amides is 2. The number of carbonyl (C=O) groups is 2. The lowest BCUT2D eigenvalue weighted by molar-refractivity contribution is -0.115. The highest BCUT2D eigenvalue weighted by atomic mass is 35.5. The quantitative estimate of drug-likeness (QED) is 0.805. The number of rotatable bonds is 4. The van der Waals surface area contributed by atoms with Crippen LogP contribution in [0.4, 0.5) is 0 Å². The molecule has 5 nitrogen and oxygen atoms in total. The predicted molar refractivity (Wildman–Crippen MR) is 94.1 cm³/mol. The van der Waals surface area contributed by atoms with E-state index in [1.807, 2.05) is 29.2 Å². The average molecular weight is 356 g/mol. The molecule has 126 valence electrons. The number of primary amides is 1. The summed E-state index contributed by atoms with van der Waals surface area (Å²) in [7, 11) is 0. The minimum Gasteiger partial charge on any atom is -0.369 e. The molecule has 1 aromatic carbocycles. The van der Waals surface area contributed by atoms with Gasteiger partial charge in [-0.05, 0) is 31.4 Å². The lowest BCUT2D eigenvalue weighted by atomic mass is 10.1. The highest BCUT2D eigenvalue weighted by molar-refractivity contribution is 8.00. The van der Waals surface area contributed by atoms with Crippen molar-refractivity contribution in [1.29, 1.82) is 0 Å². The first kappa shape index (κ1) is 18.1. The molecule has 2 atom stereocenters. The number of fused-ring (bicyclic) bond motifs is 2. The molecule has 7 heteroatoms. The molecular weight excluding hydrogens is 334 g/mol. The summed E-state index contributed by atoms with van der Waals surface area (Å²) in [6, 6.07) is 8.44. The van der Waals surface area contributed by atoms with Crippen LogP contribution in [0.15, 0.2) is 29.2 Å². The Hall–Kier alpha value is -1.24. The second-order valence-electron chi connectivity index (χ2n) is 5.93. The van der Waals surface area contributed by atoms with Crippen LogP contribution in [0.25, 0.3) is 0 Å². The van der Waals surface area contributed by atoms with Crippen LogP contribution in [0.1, 0.15) is 29.6 Å². The van der Waals surface area contributed by atoms with Crippen LogP contribution in [-0.4, -0.2) is 47.6 Å².